The van der Waals surface area contributed by atoms with Crippen molar-refractivity contribution in [3.8, 4) is 5.75 Å². The molecule has 6 rings (SSSR count). The number of aromatic nitrogens is 1. The van der Waals surface area contributed by atoms with Gasteiger partial charge in [-0.1, -0.05) is 39.0 Å². The van der Waals surface area contributed by atoms with Crippen molar-refractivity contribution in [3.63, 3.8) is 0 Å². The van der Waals surface area contributed by atoms with Gasteiger partial charge in [-0.2, -0.15) is 0 Å². The minimum Gasteiger partial charge on any atom is -0.483 e. The fraction of sp³-hybridized carbons (Fsp3) is 0.143. The zero-order valence-corrected chi connectivity index (χ0v) is 23.9. The molecular weight excluding hydrogens is 640 g/mol. The maximum Gasteiger partial charge on any atom is 0.305 e. The van der Waals surface area contributed by atoms with Gasteiger partial charge in [0.25, 0.3) is 5.91 Å². The second kappa shape index (κ2) is 10.9. The summed E-state index contributed by atoms with van der Waals surface area (Å²) in [5.74, 6) is -3.78. The number of fused-ring (bicyclic) bond motifs is 2. The molecule has 2 unspecified atom stereocenters. The van der Waals surface area contributed by atoms with Crippen molar-refractivity contribution in [1.82, 2.24) is 4.98 Å². The summed E-state index contributed by atoms with van der Waals surface area (Å²) < 4.78 is 33.4. The number of carbonyl (C=O) groups is 3. The van der Waals surface area contributed by atoms with Gasteiger partial charge in [-0.25, -0.2) is 13.7 Å². The Morgan fingerprint density at radius 1 is 0.976 bits per heavy atom. The number of anilines is 2. The number of aromatic amines is 1. The van der Waals surface area contributed by atoms with Crippen molar-refractivity contribution in [2.45, 2.75) is 16.2 Å². The zero-order chi connectivity index (χ0) is 28.8. The molecule has 1 aromatic heterocycles. The smallest absolute Gasteiger partial charge is 0.305 e. The molecule has 3 amide bonds. The Morgan fingerprint density at radius 3 is 2.37 bits per heavy atom. The van der Waals surface area contributed by atoms with Crippen LogP contribution in [0.3, 0.4) is 0 Å². The molecule has 0 radical (unpaired) electrons. The van der Waals surface area contributed by atoms with Crippen LogP contribution >= 0.6 is 39.0 Å². The lowest BCUT2D eigenvalue weighted by Crippen LogP contribution is -2.32. The van der Waals surface area contributed by atoms with E-state index in [1.54, 1.807) is 18.2 Å². The molecule has 41 heavy (non-hydrogen) atoms. The van der Waals surface area contributed by atoms with Crippen LogP contribution in [0.1, 0.15) is 16.4 Å². The molecule has 0 aliphatic carbocycles. The van der Waals surface area contributed by atoms with Gasteiger partial charge in [0.1, 0.15) is 22.6 Å². The first-order valence-electron chi connectivity index (χ1n) is 12.2. The predicted molar refractivity (Wildman–Crippen MR) is 153 cm³/mol. The molecule has 208 valence electrons. The first-order chi connectivity index (χ1) is 19.7. The van der Waals surface area contributed by atoms with Crippen LogP contribution in [0, 0.1) is 17.6 Å². The van der Waals surface area contributed by atoms with Crippen LogP contribution in [0.2, 0.25) is 0 Å². The molecule has 0 bridgehead atoms. The second-order valence-electron chi connectivity index (χ2n) is 9.26. The summed E-state index contributed by atoms with van der Waals surface area (Å²) in [6, 6.07) is 15.4. The third kappa shape index (κ3) is 5.20. The fourth-order valence-electron chi connectivity index (χ4n) is 4.96. The number of nitrogens with zero attached hydrogens (tertiary/aromatic N) is 1. The fourth-order valence-corrected chi connectivity index (χ4v) is 7.85. The number of amides is 3. The van der Waals surface area contributed by atoms with Gasteiger partial charge >= 0.3 is 4.87 Å². The Kier molecular flexibility index (Phi) is 7.26. The number of thiazole rings is 1. The molecule has 3 aromatic carbocycles. The maximum absolute atomic E-state index is 13.9. The SMILES string of the molecule is O=C(COc1ccc(Br)cc1[C@H]1c2sc(=O)[nH]c2SC2C(=O)N(c3ccc(F)cc3)C(=O)C21)Nc1ccc(F)cc1. The number of H-pyrrole nitrogens is 1. The molecule has 0 spiro atoms. The van der Waals surface area contributed by atoms with Crippen LogP contribution in [0.4, 0.5) is 20.2 Å². The zero-order valence-electron chi connectivity index (χ0n) is 20.7. The molecule has 2 aliphatic heterocycles. The minimum absolute atomic E-state index is 0.246. The van der Waals surface area contributed by atoms with E-state index >= 15 is 0 Å². The van der Waals surface area contributed by atoms with E-state index in [1.807, 2.05) is 0 Å². The predicted octanol–water partition coefficient (Wildman–Crippen LogP) is 5.29. The van der Waals surface area contributed by atoms with E-state index in [4.69, 9.17) is 4.74 Å². The van der Waals surface area contributed by atoms with Crippen molar-refractivity contribution in [2.24, 2.45) is 5.92 Å². The van der Waals surface area contributed by atoms with Crippen molar-refractivity contribution in [2.75, 3.05) is 16.8 Å². The molecule has 0 saturated carbocycles. The lowest BCUT2D eigenvalue weighted by atomic mass is 9.82. The van der Waals surface area contributed by atoms with E-state index in [0.717, 1.165) is 28.0 Å². The first kappa shape index (κ1) is 27.4. The van der Waals surface area contributed by atoms with E-state index in [1.165, 1.54) is 48.5 Å². The Hall–Kier alpha value is -3.81. The van der Waals surface area contributed by atoms with E-state index in [2.05, 4.69) is 26.2 Å². The average molecular weight is 659 g/mol. The Labute approximate surface area is 247 Å². The summed E-state index contributed by atoms with van der Waals surface area (Å²) in [5, 5.41) is 2.25. The van der Waals surface area contributed by atoms with Gasteiger partial charge in [0, 0.05) is 26.5 Å². The highest BCUT2D eigenvalue weighted by molar-refractivity contribution is 9.10. The molecular formula is C28H18BrF2N3O5S2. The molecule has 2 aliphatic rings. The van der Waals surface area contributed by atoms with Gasteiger partial charge in [0.2, 0.25) is 11.8 Å². The van der Waals surface area contributed by atoms with Gasteiger partial charge in [0.15, 0.2) is 6.61 Å². The van der Waals surface area contributed by atoms with Crippen LogP contribution in [-0.4, -0.2) is 34.6 Å². The number of rotatable bonds is 6. The van der Waals surface area contributed by atoms with E-state index in [0.29, 0.717) is 25.6 Å². The summed E-state index contributed by atoms with van der Waals surface area (Å²) in [6.07, 6.45) is 0. The second-order valence-corrected chi connectivity index (χ2v) is 12.3. The highest BCUT2D eigenvalue weighted by atomic mass is 79.9. The number of benzene rings is 3. The van der Waals surface area contributed by atoms with E-state index < -0.39 is 53.0 Å². The third-order valence-corrected chi connectivity index (χ3v) is 9.60. The molecule has 1 saturated heterocycles. The van der Waals surface area contributed by atoms with Gasteiger partial charge in [0.05, 0.1) is 16.6 Å². The van der Waals surface area contributed by atoms with Crippen molar-refractivity contribution < 1.29 is 27.9 Å². The minimum atomic E-state index is -0.902. The van der Waals surface area contributed by atoms with Crippen LogP contribution in [0.25, 0.3) is 0 Å². The monoisotopic (exact) mass is 657 g/mol. The van der Waals surface area contributed by atoms with Crippen LogP contribution in [0.5, 0.6) is 5.75 Å². The summed E-state index contributed by atoms with van der Waals surface area (Å²) in [6.45, 7) is -0.396. The maximum atomic E-state index is 13.9. The number of nitrogens with one attached hydrogen (secondary N) is 2. The highest BCUT2D eigenvalue weighted by Crippen LogP contribution is 2.54. The average Bonchev–Trinajstić information content (AvgIpc) is 3.44. The molecule has 13 heteroatoms. The number of thioether (sulfide) groups is 1. The normalized spacial score (nSPS) is 19.6. The Morgan fingerprint density at radius 2 is 1.66 bits per heavy atom. The number of halogens is 3. The molecule has 3 heterocycles. The number of imide groups is 1. The number of ether oxygens (including phenoxy) is 1. The first-order valence-corrected chi connectivity index (χ1v) is 14.7. The molecule has 8 nitrogen and oxygen atoms in total. The number of hydrogen-bond donors (Lipinski definition) is 2. The van der Waals surface area contributed by atoms with Crippen molar-refractivity contribution in [1.29, 1.82) is 0 Å². The van der Waals surface area contributed by atoms with E-state index in [9.17, 15) is 28.0 Å². The Balaban J connectivity index is 1.36. The van der Waals surface area contributed by atoms with Crippen LogP contribution < -0.4 is 19.8 Å². The molecule has 1 fully saturated rings. The highest BCUT2D eigenvalue weighted by Gasteiger charge is 2.56. The van der Waals surface area contributed by atoms with Gasteiger partial charge in [-0.15, -0.1) is 0 Å². The molecule has 4 aromatic rings. The summed E-state index contributed by atoms with van der Waals surface area (Å²) in [7, 11) is 0. The summed E-state index contributed by atoms with van der Waals surface area (Å²) in [5.41, 5.74) is 1.14. The Bertz CT molecular complexity index is 1740. The lowest BCUT2D eigenvalue weighted by molar-refractivity contribution is -0.122. The summed E-state index contributed by atoms with van der Waals surface area (Å²) >= 11 is 5.52. The standard InChI is InChI=1S/C28H18BrF2N3O5S2/c29-13-1-10-19(39-12-20(35)32-16-6-2-14(30)3-7-16)18(11-13)21-22-24(40-25-23(21)41-28(38)33-25)27(37)34(26(22)36)17-8-4-15(31)5-9-17/h1-11,21-22,24H,12H2,(H,32,35)(H,33,38)/t21-,22?,24?/m1/s1. The molecule has 2 N–H and O–H groups in total. The van der Waals surface area contributed by atoms with Crippen LogP contribution in [0.15, 0.2) is 81.0 Å². The topological polar surface area (TPSA) is 109 Å². The molecule has 3 atom stereocenters. The van der Waals surface area contributed by atoms with Gasteiger partial charge in [-0.3, -0.25) is 19.2 Å². The lowest BCUT2D eigenvalue weighted by Gasteiger charge is -2.31. The quantitative estimate of drug-likeness (QED) is 0.273. The van der Waals surface area contributed by atoms with E-state index in [-0.39, 0.29) is 16.3 Å². The summed E-state index contributed by atoms with van der Waals surface area (Å²) in [4.78, 5) is 56.6. The largest absolute Gasteiger partial charge is 0.483 e. The van der Waals surface area contributed by atoms with Gasteiger partial charge in [-0.05, 0) is 66.7 Å². The van der Waals surface area contributed by atoms with Gasteiger partial charge < -0.3 is 15.0 Å². The van der Waals surface area contributed by atoms with Crippen molar-refractivity contribution >= 4 is 68.1 Å². The van der Waals surface area contributed by atoms with Crippen molar-refractivity contribution in [3.05, 3.63) is 103 Å². The third-order valence-electron chi connectivity index (χ3n) is 6.70. The number of hydrogen-bond acceptors (Lipinski definition) is 7. The van der Waals surface area contributed by atoms with Crippen LogP contribution in [-0.2, 0) is 14.4 Å². The number of carbonyl (C=O) groups excluding carboxylic acids is 3.